The predicted molar refractivity (Wildman–Crippen MR) is 57.9 cm³/mol. The van der Waals surface area contributed by atoms with Crippen molar-refractivity contribution in [1.82, 2.24) is 0 Å². The summed E-state index contributed by atoms with van der Waals surface area (Å²) in [5.74, 6) is 0. The topological polar surface area (TPSA) is 3.24 Å². The van der Waals surface area contributed by atoms with Gasteiger partial charge in [-0.2, -0.15) is 0 Å². The molecule has 12 heavy (non-hydrogen) atoms. The van der Waals surface area contributed by atoms with Crippen LogP contribution in [0.3, 0.4) is 0 Å². The van der Waals surface area contributed by atoms with Crippen LogP contribution in [-0.4, -0.2) is 12.0 Å². The highest BCUT2D eigenvalue weighted by Gasteiger charge is 2.00. The molecule has 0 aliphatic carbocycles. The lowest BCUT2D eigenvalue weighted by atomic mass is 10.2. The predicted octanol–water partition coefficient (Wildman–Crippen LogP) is 2.78. The molecule has 2 heteroatoms. The molecule has 0 heterocycles. The molecule has 1 rings (SSSR count). The lowest BCUT2D eigenvalue weighted by Gasteiger charge is -2.17. The van der Waals surface area contributed by atoms with Crippen molar-refractivity contribution in [3.63, 3.8) is 0 Å². The van der Waals surface area contributed by atoms with Gasteiger partial charge in [0.1, 0.15) is 0 Å². The summed E-state index contributed by atoms with van der Waals surface area (Å²) in [5, 5.41) is 0. The lowest BCUT2D eigenvalue weighted by Crippen LogP contribution is -2.20. The third-order valence-electron chi connectivity index (χ3n) is 1.89. The Morgan fingerprint density at radius 1 is 1.25 bits per heavy atom. The van der Waals surface area contributed by atoms with E-state index in [2.05, 4.69) is 31.2 Å². The Kier molecular flexibility index (Phi) is 2.82. The fourth-order valence-electron chi connectivity index (χ4n) is 0.950. The molecule has 1 aromatic rings. The van der Waals surface area contributed by atoms with Crippen LogP contribution in [0, 0.1) is 6.92 Å². The average molecular weight is 179 g/mol. The van der Waals surface area contributed by atoms with E-state index in [1.54, 1.807) is 0 Å². The third kappa shape index (κ3) is 2.05. The number of nitrogens with zero attached hydrogens (tertiary/aromatic N) is 1. The smallest absolute Gasteiger partial charge is 0.0789 e. The summed E-state index contributed by atoms with van der Waals surface area (Å²) in [6.45, 7) is 4.00. The van der Waals surface area contributed by atoms with Crippen molar-refractivity contribution in [1.29, 1.82) is 0 Å². The molecule has 0 aliphatic heterocycles. The first-order chi connectivity index (χ1) is 5.61. The number of rotatable bonds is 1. The minimum absolute atomic E-state index is 0.888. The average Bonchev–Trinajstić information content (AvgIpc) is 2.04. The van der Waals surface area contributed by atoms with E-state index < -0.39 is 0 Å². The minimum atomic E-state index is 0.888. The van der Waals surface area contributed by atoms with Gasteiger partial charge in [0.2, 0.25) is 0 Å². The van der Waals surface area contributed by atoms with Gasteiger partial charge in [0.05, 0.1) is 4.99 Å². The Bertz CT molecular complexity index is 276. The van der Waals surface area contributed by atoms with Crippen LogP contribution in [0.4, 0.5) is 5.69 Å². The fraction of sp³-hybridized carbons (Fsp3) is 0.300. The lowest BCUT2D eigenvalue weighted by molar-refractivity contribution is 1.27. The molecule has 0 radical (unpaired) electrons. The maximum atomic E-state index is 5.06. The monoisotopic (exact) mass is 179 g/mol. The van der Waals surface area contributed by atoms with Crippen molar-refractivity contribution in [2.24, 2.45) is 0 Å². The summed E-state index contributed by atoms with van der Waals surface area (Å²) in [5.41, 5.74) is 2.42. The van der Waals surface area contributed by atoms with E-state index in [0.717, 1.165) is 10.7 Å². The zero-order valence-electron chi connectivity index (χ0n) is 7.66. The second-order valence-electron chi connectivity index (χ2n) is 2.91. The zero-order chi connectivity index (χ0) is 9.14. The molecular weight excluding hydrogens is 166 g/mol. The van der Waals surface area contributed by atoms with Gasteiger partial charge in [-0.25, -0.2) is 0 Å². The van der Waals surface area contributed by atoms with Crippen LogP contribution < -0.4 is 4.90 Å². The van der Waals surface area contributed by atoms with Gasteiger partial charge in [0.15, 0.2) is 0 Å². The minimum Gasteiger partial charge on any atom is -0.339 e. The van der Waals surface area contributed by atoms with E-state index in [9.17, 15) is 0 Å². The van der Waals surface area contributed by atoms with Gasteiger partial charge in [-0.3, -0.25) is 0 Å². The van der Waals surface area contributed by atoms with Crippen molar-refractivity contribution < 1.29 is 0 Å². The van der Waals surface area contributed by atoms with Gasteiger partial charge in [-0.1, -0.05) is 29.9 Å². The summed E-state index contributed by atoms with van der Waals surface area (Å²) in [6.07, 6.45) is 0. The van der Waals surface area contributed by atoms with Crippen LogP contribution in [-0.2, 0) is 0 Å². The molecular formula is C10H13NS. The molecule has 0 amide bonds. The van der Waals surface area contributed by atoms with E-state index in [1.165, 1.54) is 5.56 Å². The standard InChI is InChI=1S/C10H13NS/c1-8-4-6-10(7-5-8)11(3)9(2)12/h4-7H,1-3H3. The van der Waals surface area contributed by atoms with E-state index in [4.69, 9.17) is 12.2 Å². The summed E-state index contributed by atoms with van der Waals surface area (Å²) < 4.78 is 0. The molecule has 0 fully saturated rings. The van der Waals surface area contributed by atoms with Crippen LogP contribution in [0.1, 0.15) is 12.5 Å². The van der Waals surface area contributed by atoms with E-state index in [0.29, 0.717) is 0 Å². The Labute approximate surface area is 79.0 Å². The van der Waals surface area contributed by atoms with Crippen molar-refractivity contribution >= 4 is 22.9 Å². The maximum Gasteiger partial charge on any atom is 0.0789 e. The van der Waals surface area contributed by atoms with Gasteiger partial charge in [-0.15, -0.1) is 0 Å². The van der Waals surface area contributed by atoms with Crippen molar-refractivity contribution in [3.05, 3.63) is 29.8 Å². The second-order valence-corrected chi connectivity index (χ2v) is 3.50. The van der Waals surface area contributed by atoms with Gasteiger partial charge >= 0.3 is 0 Å². The molecule has 0 spiro atoms. The van der Waals surface area contributed by atoms with Crippen molar-refractivity contribution in [2.75, 3.05) is 11.9 Å². The molecule has 0 saturated carbocycles. The summed E-state index contributed by atoms with van der Waals surface area (Å²) in [6, 6.07) is 8.32. The van der Waals surface area contributed by atoms with Gasteiger partial charge in [0, 0.05) is 12.7 Å². The first-order valence-electron chi connectivity index (χ1n) is 3.92. The number of aryl methyl sites for hydroxylation is 1. The molecule has 0 atom stereocenters. The van der Waals surface area contributed by atoms with Gasteiger partial charge in [0.25, 0.3) is 0 Å². The first-order valence-corrected chi connectivity index (χ1v) is 4.33. The number of anilines is 1. The quantitative estimate of drug-likeness (QED) is 0.610. The van der Waals surface area contributed by atoms with Crippen LogP contribution in [0.15, 0.2) is 24.3 Å². The largest absolute Gasteiger partial charge is 0.339 e. The highest BCUT2D eigenvalue weighted by atomic mass is 32.1. The van der Waals surface area contributed by atoms with Crippen molar-refractivity contribution in [2.45, 2.75) is 13.8 Å². The van der Waals surface area contributed by atoms with Crippen LogP contribution in [0.2, 0.25) is 0 Å². The molecule has 0 saturated heterocycles. The van der Waals surface area contributed by atoms with E-state index >= 15 is 0 Å². The molecule has 0 unspecified atom stereocenters. The first kappa shape index (κ1) is 9.20. The Hall–Kier alpha value is -0.890. The summed E-state index contributed by atoms with van der Waals surface area (Å²) in [7, 11) is 1.98. The zero-order valence-corrected chi connectivity index (χ0v) is 8.48. The van der Waals surface area contributed by atoms with Crippen molar-refractivity contribution in [3.8, 4) is 0 Å². The van der Waals surface area contributed by atoms with Crippen LogP contribution in [0.5, 0.6) is 0 Å². The molecule has 0 N–H and O–H groups in total. The fourth-order valence-corrected chi connectivity index (χ4v) is 1.06. The molecule has 1 aromatic carbocycles. The van der Waals surface area contributed by atoms with Gasteiger partial charge in [-0.05, 0) is 26.0 Å². The van der Waals surface area contributed by atoms with Crippen LogP contribution in [0.25, 0.3) is 0 Å². The number of hydrogen-bond acceptors (Lipinski definition) is 1. The molecule has 1 nitrogen and oxygen atoms in total. The highest BCUT2D eigenvalue weighted by Crippen LogP contribution is 2.13. The maximum absolute atomic E-state index is 5.06. The second kappa shape index (κ2) is 3.68. The number of thiocarbonyl (C=S) groups is 1. The van der Waals surface area contributed by atoms with Crippen LogP contribution >= 0.6 is 12.2 Å². The molecule has 0 bridgehead atoms. The van der Waals surface area contributed by atoms with E-state index in [1.807, 2.05) is 18.9 Å². The Balaban J connectivity index is 2.89. The number of hydrogen-bond donors (Lipinski definition) is 0. The van der Waals surface area contributed by atoms with Gasteiger partial charge < -0.3 is 4.90 Å². The molecule has 64 valence electrons. The van der Waals surface area contributed by atoms with E-state index in [-0.39, 0.29) is 0 Å². The SMILES string of the molecule is CC(=S)N(C)c1ccc(C)cc1. The Morgan fingerprint density at radius 3 is 2.17 bits per heavy atom. The molecule has 0 aromatic heterocycles. The normalized spacial score (nSPS) is 9.58. The number of benzene rings is 1. The summed E-state index contributed by atoms with van der Waals surface area (Å²) in [4.78, 5) is 2.88. The Morgan fingerprint density at radius 2 is 1.75 bits per heavy atom. The third-order valence-corrected chi connectivity index (χ3v) is 2.17. The molecule has 0 aliphatic rings. The summed E-state index contributed by atoms with van der Waals surface area (Å²) >= 11 is 5.06. The highest BCUT2D eigenvalue weighted by molar-refractivity contribution is 7.80.